The minimum absolute atomic E-state index is 0.0518. The molecule has 0 aliphatic carbocycles. The number of carbonyl (C=O) groups excluding carboxylic acids is 1. The van der Waals surface area contributed by atoms with Crippen molar-refractivity contribution in [3.8, 4) is 0 Å². The van der Waals surface area contributed by atoms with Gasteiger partial charge >= 0.3 is 0 Å². The third-order valence-corrected chi connectivity index (χ3v) is 4.70. The Bertz CT molecular complexity index is 742. The average molecular weight is 354 g/mol. The van der Waals surface area contributed by atoms with Gasteiger partial charge in [0.05, 0.1) is 13.2 Å². The van der Waals surface area contributed by atoms with Crippen LogP contribution in [0.4, 0.5) is 11.8 Å². The first-order valence-electron chi connectivity index (χ1n) is 8.92. The zero-order valence-electron chi connectivity index (χ0n) is 14.6. The average Bonchev–Trinajstić information content (AvgIpc) is 2.75. The minimum Gasteiger partial charge on any atom is -0.378 e. The maximum Gasteiger partial charge on any atom is 0.272 e. The van der Waals surface area contributed by atoms with Crippen LogP contribution in [-0.4, -0.2) is 78.2 Å². The molecule has 8 heteroatoms. The topological polar surface area (TPSA) is 74.7 Å². The van der Waals surface area contributed by atoms with Gasteiger partial charge in [-0.25, -0.2) is 15.0 Å². The molecule has 0 aromatic carbocycles. The first kappa shape index (κ1) is 16.7. The van der Waals surface area contributed by atoms with Crippen LogP contribution in [0.2, 0.25) is 0 Å². The quantitative estimate of drug-likeness (QED) is 0.802. The van der Waals surface area contributed by atoms with E-state index in [1.165, 1.54) is 0 Å². The molecule has 2 saturated heterocycles. The summed E-state index contributed by atoms with van der Waals surface area (Å²) in [4.78, 5) is 32.1. The SMILES string of the molecule is O=C(c1ccnc(N2CCN(c3ccccn3)CC2)n1)N1CCOCC1. The lowest BCUT2D eigenvalue weighted by atomic mass is 10.3. The molecule has 4 rings (SSSR count). The predicted molar refractivity (Wildman–Crippen MR) is 97.4 cm³/mol. The molecule has 8 nitrogen and oxygen atoms in total. The van der Waals surface area contributed by atoms with Gasteiger partial charge in [-0.1, -0.05) is 6.07 Å². The van der Waals surface area contributed by atoms with Crippen molar-refractivity contribution in [2.75, 3.05) is 62.3 Å². The maximum atomic E-state index is 12.6. The second-order valence-corrected chi connectivity index (χ2v) is 6.31. The fraction of sp³-hybridized carbons (Fsp3) is 0.444. The molecule has 0 atom stereocenters. The molecule has 0 N–H and O–H groups in total. The van der Waals surface area contributed by atoms with Gasteiger partial charge in [0.25, 0.3) is 5.91 Å². The highest BCUT2D eigenvalue weighted by Crippen LogP contribution is 2.16. The van der Waals surface area contributed by atoms with Crippen molar-refractivity contribution in [3.63, 3.8) is 0 Å². The molecule has 1 amide bonds. The van der Waals surface area contributed by atoms with Crippen LogP contribution >= 0.6 is 0 Å². The van der Waals surface area contributed by atoms with Gasteiger partial charge in [0, 0.05) is 51.7 Å². The number of hydrogen-bond acceptors (Lipinski definition) is 7. The summed E-state index contributed by atoms with van der Waals surface area (Å²) in [5.74, 6) is 1.55. The Morgan fingerprint density at radius 3 is 2.38 bits per heavy atom. The normalized spacial score (nSPS) is 18.1. The van der Waals surface area contributed by atoms with Crippen molar-refractivity contribution >= 4 is 17.7 Å². The summed E-state index contributed by atoms with van der Waals surface area (Å²) in [7, 11) is 0. The Hall–Kier alpha value is -2.74. The third kappa shape index (κ3) is 3.60. The smallest absolute Gasteiger partial charge is 0.272 e. The number of amides is 1. The Balaban J connectivity index is 1.42. The van der Waals surface area contributed by atoms with Gasteiger partial charge in [-0.05, 0) is 18.2 Å². The molecule has 4 heterocycles. The molecule has 2 aromatic rings. The van der Waals surface area contributed by atoms with Crippen molar-refractivity contribution in [2.45, 2.75) is 0 Å². The fourth-order valence-electron chi connectivity index (χ4n) is 3.22. The van der Waals surface area contributed by atoms with Gasteiger partial charge in [-0.15, -0.1) is 0 Å². The Morgan fingerprint density at radius 2 is 1.65 bits per heavy atom. The molecule has 2 aromatic heterocycles. The van der Waals surface area contributed by atoms with E-state index in [1.54, 1.807) is 17.2 Å². The molecule has 0 radical (unpaired) electrons. The molecular weight excluding hydrogens is 332 g/mol. The number of ether oxygens (including phenoxy) is 1. The van der Waals surface area contributed by atoms with Gasteiger partial charge in [0.2, 0.25) is 5.95 Å². The number of pyridine rings is 1. The van der Waals surface area contributed by atoms with Crippen LogP contribution in [0, 0.1) is 0 Å². The van der Waals surface area contributed by atoms with Crippen molar-refractivity contribution < 1.29 is 9.53 Å². The number of carbonyl (C=O) groups is 1. The van der Waals surface area contributed by atoms with Crippen LogP contribution in [0.3, 0.4) is 0 Å². The summed E-state index contributed by atoms with van der Waals surface area (Å²) >= 11 is 0. The molecule has 2 aliphatic heterocycles. The molecule has 2 fully saturated rings. The zero-order valence-corrected chi connectivity index (χ0v) is 14.6. The summed E-state index contributed by atoms with van der Waals surface area (Å²) < 4.78 is 5.31. The molecular formula is C18H22N6O2. The lowest BCUT2D eigenvalue weighted by Gasteiger charge is -2.35. The van der Waals surface area contributed by atoms with Gasteiger partial charge in [-0.2, -0.15) is 0 Å². The lowest BCUT2D eigenvalue weighted by molar-refractivity contribution is 0.0299. The first-order chi connectivity index (χ1) is 12.8. The standard InChI is InChI=1S/C18H22N6O2/c25-17(23-11-13-26-14-12-23)15-4-6-20-18(21-15)24-9-7-22(8-10-24)16-3-1-2-5-19-16/h1-6H,7-14H2. The molecule has 2 aliphatic rings. The Labute approximate surface area is 152 Å². The fourth-order valence-corrected chi connectivity index (χ4v) is 3.22. The number of anilines is 2. The Kier molecular flexibility index (Phi) is 4.92. The monoisotopic (exact) mass is 354 g/mol. The molecule has 136 valence electrons. The maximum absolute atomic E-state index is 12.6. The number of hydrogen-bond donors (Lipinski definition) is 0. The van der Waals surface area contributed by atoms with E-state index in [1.807, 2.05) is 24.4 Å². The Morgan fingerprint density at radius 1 is 0.885 bits per heavy atom. The summed E-state index contributed by atoms with van der Waals surface area (Å²) in [5, 5.41) is 0. The second-order valence-electron chi connectivity index (χ2n) is 6.31. The number of rotatable bonds is 3. The van der Waals surface area contributed by atoms with Crippen LogP contribution in [-0.2, 0) is 4.74 Å². The molecule has 0 spiro atoms. The van der Waals surface area contributed by atoms with Crippen LogP contribution in [0.1, 0.15) is 10.5 Å². The molecule has 0 saturated carbocycles. The first-order valence-corrected chi connectivity index (χ1v) is 8.92. The third-order valence-electron chi connectivity index (χ3n) is 4.70. The summed E-state index contributed by atoms with van der Waals surface area (Å²) in [6.45, 7) is 5.68. The van der Waals surface area contributed by atoms with Gasteiger partial charge < -0.3 is 19.4 Å². The van der Waals surface area contributed by atoms with Crippen molar-refractivity contribution in [2.24, 2.45) is 0 Å². The van der Waals surface area contributed by atoms with E-state index >= 15 is 0 Å². The highest BCUT2D eigenvalue weighted by molar-refractivity contribution is 5.92. The highest BCUT2D eigenvalue weighted by atomic mass is 16.5. The summed E-state index contributed by atoms with van der Waals surface area (Å²) in [5.41, 5.74) is 0.448. The summed E-state index contributed by atoms with van der Waals surface area (Å²) in [6.07, 6.45) is 3.48. The van der Waals surface area contributed by atoms with E-state index in [4.69, 9.17) is 4.74 Å². The lowest BCUT2D eigenvalue weighted by Crippen LogP contribution is -2.47. The predicted octanol–water partition coefficient (Wildman–Crippen LogP) is 0.671. The van der Waals surface area contributed by atoms with Crippen LogP contribution < -0.4 is 9.80 Å². The van der Waals surface area contributed by atoms with Gasteiger partial charge in [-0.3, -0.25) is 4.79 Å². The van der Waals surface area contributed by atoms with E-state index in [-0.39, 0.29) is 5.91 Å². The molecule has 0 bridgehead atoms. The largest absolute Gasteiger partial charge is 0.378 e. The van der Waals surface area contributed by atoms with Gasteiger partial charge in [0.1, 0.15) is 11.5 Å². The second kappa shape index (κ2) is 7.65. The molecule has 0 unspecified atom stereocenters. The summed E-state index contributed by atoms with van der Waals surface area (Å²) in [6, 6.07) is 7.63. The van der Waals surface area contributed by atoms with Crippen molar-refractivity contribution in [3.05, 3.63) is 42.4 Å². The molecule has 26 heavy (non-hydrogen) atoms. The minimum atomic E-state index is -0.0518. The van der Waals surface area contributed by atoms with Crippen LogP contribution in [0.25, 0.3) is 0 Å². The van der Waals surface area contributed by atoms with E-state index in [0.29, 0.717) is 37.9 Å². The van der Waals surface area contributed by atoms with Gasteiger partial charge in [0.15, 0.2) is 0 Å². The highest BCUT2D eigenvalue weighted by Gasteiger charge is 2.23. The van der Waals surface area contributed by atoms with Crippen molar-refractivity contribution in [1.82, 2.24) is 19.9 Å². The zero-order chi connectivity index (χ0) is 17.8. The number of morpholine rings is 1. The number of piperazine rings is 1. The van der Waals surface area contributed by atoms with E-state index < -0.39 is 0 Å². The van der Waals surface area contributed by atoms with Crippen LogP contribution in [0.5, 0.6) is 0 Å². The van der Waals surface area contributed by atoms with Crippen LogP contribution in [0.15, 0.2) is 36.7 Å². The number of aromatic nitrogens is 3. The van der Waals surface area contributed by atoms with E-state index in [9.17, 15) is 4.79 Å². The van der Waals surface area contributed by atoms with E-state index in [0.717, 1.165) is 32.0 Å². The van der Waals surface area contributed by atoms with Crippen molar-refractivity contribution in [1.29, 1.82) is 0 Å². The van der Waals surface area contributed by atoms with E-state index in [2.05, 4.69) is 24.8 Å². The number of nitrogens with zero attached hydrogens (tertiary/aromatic N) is 6.